The number of rotatable bonds is 6. The number of aryl methyl sites for hydroxylation is 1. The molecule has 21 heavy (non-hydrogen) atoms. The van der Waals surface area contributed by atoms with Crippen LogP contribution in [0.4, 0.5) is 0 Å². The second-order valence-corrected chi connectivity index (χ2v) is 7.84. The van der Waals surface area contributed by atoms with E-state index in [1.165, 1.54) is 30.2 Å². The SMILES string of the molecule is CN(C)S(=O)(=O)c1ccc(SCCc2ccncc2)nc1. The number of nitrogens with zero attached hydrogens (tertiary/aromatic N) is 3. The van der Waals surface area contributed by atoms with E-state index in [2.05, 4.69) is 9.97 Å². The summed E-state index contributed by atoms with van der Waals surface area (Å²) in [6.07, 6.45) is 5.88. The quantitative estimate of drug-likeness (QED) is 0.762. The molecule has 0 fully saturated rings. The summed E-state index contributed by atoms with van der Waals surface area (Å²) < 4.78 is 25.0. The zero-order chi connectivity index (χ0) is 15.3. The van der Waals surface area contributed by atoms with Crippen molar-refractivity contribution in [2.45, 2.75) is 16.3 Å². The van der Waals surface area contributed by atoms with Gasteiger partial charge in [-0.3, -0.25) is 4.98 Å². The Morgan fingerprint density at radius 1 is 1.14 bits per heavy atom. The summed E-state index contributed by atoms with van der Waals surface area (Å²) in [7, 11) is -0.389. The lowest BCUT2D eigenvalue weighted by molar-refractivity contribution is 0.520. The summed E-state index contributed by atoms with van der Waals surface area (Å²) in [5, 5.41) is 0.821. The maximum atomic E-state index is 11.9. The second-order valence-electron chi connectivity index (χ2n) is 4.57. The van der Waals surface area contributed by atoms with Gasteiger partial charge in [-0.05, 0) is 36.2 Å². The molecule has 0 radical (unpaired) electrons. The van der Waals surface area contributed by atoms with Gasteiger partial charge in [-0.25, -0.2) is 17.7 Å². The van der Waals surface area contributed by atoms with E-state index in [0.717, 1.165) is 17.2 Å². The molecule has 7 heteroatoms. The van der Waals surface area contributed by atoms with Crippen molar-refractivity contribution in [1.82, 2.24) is 14.3 Å². The van der Waals surface area contributed by atoms with Crippen molar-refractivity contribution in [2.75, 3.05) is 19.8 Å². The molecule has 2 heterocycles. The molecule has 2 aromatic rings. The van der Waals surface area contributed by atoms with Crippen molar-refractivity contribution < 1.29 is 8.42 Å². The lowest BCUT2D eigenvalue weighted by Crippen LogP contribution is -2.22. The van der Waals surface area contributed by atoms with Crippen LogP contribution in [0.15, 0.2) is 52.8 Å². The number of hydrogen-bond acceptors (Lipinski definition) is 5. The molecule has 2 rings (SSSR count). The monoisotopic (exact) mass is 323 g/mol. The predicted molar refractivity (Wildman–Crippen MR) is 83.8 cm³/mol. The van der Waals surface area contributed by atoms with Gasteiger partial charge in [0.05, 0.1) is 5.03 Å². The molecule has 0 atom stereocenters. The van der Waals surface area contributed by atoms with E-state index in [9.17, 15) is 8.42 Å². The van der Waals surface area contributed by atoms with Crippen LogP contribution >= 0.6 is 11.8 Å². The van der Waals surface area contributed by atoms with Crippen LogP contribution in [0.2, 0.25) is 0 Å². The molecule has 0 aromatic carbocycles. The Morgan fingerprint density at radius 2 is 1.86 bits per heavy atom. The van der Waals surface area contributed by atoms with Crippen molar-refractivity contribution in [3.63, 3.8) is 0 Å². The highest BCUT2D eigenvalue weighted by Crippen LogP contribution is 2.19. The average molecular weight is 323 g/mol. The molecule has 0 saturated carbocycles. The van der Waals surface area contributed by atoms with Gasteiger partial charge in [0.1, 0.15) is 4.90 Å². The van der Waals surface area contributed by atoms with E-state index >= 15 is 0 Å². The molecular weight excluding hydrogens is 306 g/mol. The third-order valence-electron chi connectivity index (χ3n) is 2.88. The lowest BCUT2D eigenvalue weighted by atomic mass is 10.2. The van der Waals surface area contributed by atoms with Gasteiger partial charge >= 0.3 is 0 Å². The molecule has 0 amide bonds. The van der Waals surface area contributed by atoms with Gasteiger partial charge in [0.25, 0.3) is 0 Å². The highest BCUT2D eigenvalue weighted by molar-refractivity contribution is 7.99. The van der Waals surface area contributed by atoms with Gasteiger partial charge in [0.2, 0.25) is 10.0 Å². The molecule has 0 bridgehead atoms. The molecule has 2 aromatic heterocycles. The van der Waals surface area contributed by atoms with Crippen LogP contribution in [0.5, 0.6) is 0 Å². The molecule has 5 nitrogen and oxygen atoms in total. The van der Waals surface area contributed by atoms with Gasteiger partial charge in [0.15, 0.2) is 0 Å². The predicted octanol–water partition coefficient (Wildman–Crippen LogP) is 2.06. The number of pyridine rings is 2. The van der Waals surface area contributed by atoms with Crippen molar-refractivity contribution in [3.8, 4) is 0 Å². The fourth-order valence-electron chi connectivity index (χ4n) is 1.64. The molecule has 0 N–H and O–H groups in total. The second kappa shape index (κ2) is 7.02. The highest BCUT2D eigenvalue weighted by Gasteiger charge is 2.17. The normalized spacial score (nSPS) is 11.8. The van der Waals surface area contributed by atoms with Gasteiger partial charge in [-0.15, -0.1) is 11.8 Å². The van der Waals surface area contributed by atoms with E-state index in [1.807, 2.05) is 12.1 Å². The largest absolute Gasteiger partial charge is 0.265 e. The number of aromatic nitrogens is 2. The third-order valence-corrected chi connectivity index (χ3v) is 5.62. The Balaban J connectivity index is 1.94. The Kier molecular flexibility index (Phi) is 5.33. The van der Waals surface area contributed by atoms with Crippen molar-refractivity contribution in [1.29, 1.82) is 0 Å². The van der Waals surface area contributed by atoms with E-state index in [0.29, 0.717) is 0 Å². The van der Waals surface area contributed by atoms with Crippen LogP contribution < -0.4 is 0 Å². The minimum absolute atomic E-state index is 0.214. The van der Waals surface area contributed by atoms with Crippen molar-refractivity contribution in [3.05, 3.63) is 48.4 Å². The van der Waals surface area contributed by atoms with Gasteiger partial charge in [-0.1, -0.05) is 0 Å². The van der Waals surface area contributed by atoms with Crippen LogP contribution in [0.25, 0.3) is 0 Å². The van der Waals surface area contributed by atoms with Crippen molar-refractivity contribution in [2.24, 2.45) is 0 Å². The zero-order valence-electron chi connectivity index (χ0n) is 11.9. The molecular formula is C14H17N3O2S2. The summed E-state index contributed by atoms with van der Waals surface area (Å²) >= 11 is 1.60. The molecule has 0 saturated heterocycles. The number of thioether (sulfide) groups is 1. The standard InChI is InChI=1S/C14H17N3O2S2/c1-17(2)21(18,19)13-3-4-14(16-11-13)20-10-7-12-5-8-15-9-6-12/h3-6,8-9,11H,7,10H2,1-2H3. The first-order valence-corrected chi connectivity index (χ1v) is 8.83. The summed E-state index contributed by atoms with van der Waals surface area (Å²) in [6.45, 7) is 0. The third kappa shape index (κ3) is 4.26. The summed E-state index contributed by atoms with van der Waals surface area (Å²) in [5.74, 6) is 0.886. The molecule has 0 unspecified atom stereocenters. The maximum absolute atomic E-state index is 11.9. The molecule has 112 valence electrons. The van der Waals surface area contributed by atoms with Crippen LogP contribution in [-0.4, -0.2) is 42.5 Å². The Bertz CT molecular complexity index is 671. The first-order chi connectivity index (χ1) is 10.00. The van der Waals surface area contributed by atoms with Crippen LogP contribution in [0, 0.1) is 0 Å². The van der Waals surface area contributed by atoms with Crippen LogP contribution in [-0.2, 0) is 16.4 Å². The Labute approximate surface area is 129 Å². The first-order valence-electron chi connectivity index (χ1n) is 6.40. The van der Waals surface area contributed by atoms with Gasteiger partial charge in [0, 0.05) is 38.4 Å². The summed E-state index contributed by atoms with van der Waals surface area (Å²) in [4.78, 5) is 8.40. The van der Waals surface area contributed by atoms with Crippen molar-refractivity contribution >= 4 is 21.8 Å². The lowest BCUT2D eigenvalue weighted by Gasteiger charge is -2.11. The van der Waals surface area contributed by atoms with Crippen LogP contribution in [0.3, 0.4) is 0 Å². The van der Waals surface area contributed by atoms with E-state index in [-0.39, 0.29) is 4.90 Å². The fraction of sp³-hybridized carbons (Fsp3) is 0.286. The molecule has 0 spiro atoms. The summed E-state index contributed by atoms with van der Waals surface area (Å²) in [6, 6.07) is 7.31. The zero-order valence-corrected chi connectivity index (χ0v) is 13.6. The molecule has 0 aliphatic rings. The number of sulfonamides is 1. The van der Waals surface area contributed by atoms with E-state index < -0.39 is 10.0 Å². The Hall–Kier alpha value is -1.44. The minimum Gasteiger partial charge on any atom is -0.265 e. The van der Waals surface area contributed by atoms with E-state index in [1.54, 1.807) is 36.3 Å². The fourth-order valence-corrected chi connectivity index (χ4v) is 3.32. The molecule has 0 aliphatic carbocycles. The average Bonchev–Trinajstić information content (AvgIpc) is 2.49. The topological polar surface area (TPSA) is 63.2 Å². The van der Waals surface area contributed by atoms with Crippen LogP contribution in [0.1, 0.15) is 5.56 Å². The van der Waals surface area contributed by atoms with Gasteiger partial charge < -0.3 is 0 Å². The summed E-state index contributed by atoms with van der Waals surface area (Å²) in [5.41, 5.74) is 1.23. The van der Waals surface area contributed by atoms with Gasteiger partial charge in [-0.2, -0.15) is 0 Å². The Morgan fingerprint density at radius 3 is 2.43 bits per heavy atom. The first kappa shape index (κ1) is 15.9. The number of hydrogen-bond donors (Lipinski definition) is 0. The maximum Gasteiger partial charge on any atom is 0.244 e. The minimum atomic E-state index is -3.40. The van der Waals surface area contributed by atoms with E-state index in [4.69, 9.17) is 0 Å². The highest BCUT2D eigenvalue weighted by atomic mass is 32.2. The molecule has 0 aliphatic heterocycles. The smallest absolute Gasteiger partial charge is 0.244 e.